The van der Waals surface area contributed by atoms with Gasteiger partial charge in [-0.25, -0.2) is 4.98 Å². The second kappa shape index (κ2) is 10.2. The fourth-order valence-corrected chi connectivity index (χ4v) is 7.37. The highest BCUT2D eigenvalue weighted by molar-refractivity contribution is 6.11. The highest BCUT2D eigenvalue weighted by Gasteiger charge is 2.38. The highest BCUT2D eigenvalue weighted by Crippen LogP contribution is 2.53. The Hall–Kier alpha value is -5.73. The molecule has 0 amide bonds. The van der Waals surface area contributed by atoms with Gasteiger partial charge in [0.05, 0.1) is 11.4 Å². The molecule has 0 fully saturated rings. The van der Waals surface area contributed by atoms with Crippen molar-refractivity contribution in [2.75, 3.05) is 0 Å². The number of para-hydroxylation sites is 1. The van der Waals surface area contributed by atoms with Crippen molar-refractivity contribution in [3.8, 4) is 55.9 Å². The van der Waals surface area contributed by atoms with Crippen molar-refractivity contribution in [3.05, 3.63) is 163 Å². The average molecular weight is 590 g/mol. The fourth-order valence-electron chi connectivity index (χ4n) is 7.37. The highest BCUT2D eigenvalue weighted by atomic mass is 16.3. The Morgan fingerprint density at radius 1 is 0.457 bits per heavy atom. The maximum absolute atomic E-state index is 6.27. The van der Waals surface area contributed by atoms with Crippen molar-refractivity contribution in [1.29, 1.82) is 0 Å². The van der Waals surface area contributed by atoms with Gasteiger partial charge in [0.25, 0.3) is 0 Å². The number of aromatic nitrogens is 1. The summed E-state index contributed by atoms with van der Waals surface area (Å²) in [5, 5.41) is 2.43. The molecular weight excluding hydrogens is 558 g/mol. The first kappa shape index (κ1) is 26.7. The lowest BCUT2D eigenvalue weighted by Crippen LogP contribution is -2.15. The van der Waals surface area contributed by atoms with Crippen LogP contribution in [-0.2, 0) is 5.41 Å². The van der Waals surface area contributed by atoms with Gasteiger partial charge in [0.2, 0.25) is 0 Å². The second-order valence-corrected chi connectivity index (χ2v) is 12.8. The smallest absolute Gasteiger partial charge is 0.135 e. The van der Waals surface area contributed by atoms with E-state index >= 15 is 0 Å². The number of rotatable bonds is 4. The minimum Gasteiger partial charge on any atom is -0.456 e. The van der Waals surface area contributed by atoms with Gasteiger partial charge in [-0.1, -0.05) is 135 Å². The summed E-state index contributed by atoms with van der Waals surface area (Å²) in [6.45, 7) is 4.70. The average Bonchev–Trinajstić information content (AvgIpc) is 3.60. The summed E-state index contributed by atoms with van der Waals surface area (Å²) in [6.07, 6.45) is 0. The van der Waals surface area contributed by atoms with Crippen LogP contribution in [0.5, 0.6) is 0 Å². The van der Waals surface area contributed by atoms with E-state index in [1.54, 1.807) is 0 Å². The molecule has 1 aliphatic carbocycles. The van der Waals surface area contributed by atoms with Gasteiger partial charge in [0, 0.05) is 27.3 Å². The van der Waals surface area contributed by atoms with E-state index in [-0.39, 0.29) is 5.41 Å². The number of benzene rings is 6. The summed E-state index contributed by atoms with van der Waals surface area (Å²) >= 11 is 0. The predicted octanol–water partition coefficient (Wildman–Crippen LogP) is 12.0. The van der Waals surface area contributed by atoms with Crippen LogP contribution in [0.1, 0.15) is 25.0 Å². The van der Waals surface area contributed by atoms with Crippen LogP contribution in [0, 0.1) is 0 Å². The second-order valence-electron chi connectivity index (χ2n) is 12.8. The molecule has 9 rings (SSSR count). The predicted molar refractivity (Wildman–Crippen MR) is 191 cm³/mol. The lowest BCUT2D eigenvalue weighted by atomic mass is 9.80. The van der Waals surface area contributed by atoms with E-state index in [0.29, 0.717) is 0 Å². The summed E-state index contributed by atoms with van der Waals surface area (Å²) in [7, 11) is 0. The third-order valence-electron chi connectivity index (χ3n) is 9.67. The normalized spacial score (nSPS) is 13.2. The molecule has 2 aromatic heterocycles. The lowest BCUT2D eigenvalue weighted by Gasteiger charge is -2.23. The Morgan fingerprint density at radius 3 is 1.70 bits per heavy atom. The molecule has 2 heteroatoms. The van der Waals surface area contributed by atoms with Crippen LogP contribution in [0.3, 0.4) is 0 Å². The number of nitrogens with zero attached hydrogens (tertiary/aromatic N) is 1. The zero-order valence-corrected chi connectivity index (χ0v) is 25.8. The van der Waals surface area contributed by atoms with E-state index < -0.39 is 0 Å². The van der Waals surface area contributed by atoms with Crippen molar-refractivity contribution in [2.24, 2.45) is 0 Å². The first-order valence-electron chi connectivity index (χ1n) is 15.9. The third-order valence-corrected chi connectivity index (χ3v) is 9.67. The van der Waals surface area contributed by atoms with Crippen molar-refractivity contribution < 1.29 is 4.42 Å². The van der Waals surface area contributed by atoms with Crippen molar-refractivity contribution in [2.45, 2.75) is 19.3 Å². The first-order valence-corrected chi connectivity index (χ1v) is 15.9. The maximum Gasteiger partial charge on any atom is 0.135 e. The summed E-state index contributed by atoms with van der Waals surface area (Å²) in [6, 6.07) is 54.0. The van der Waals surface area contributed by atoms with Gasteiger partial charge >= 0.3 is 0 Å². The topological polar surface area (TPSA) is 26.0 Å². The number of furan rings is 1. The van der Waals surface area contributed by atoms with Gasteiger partial charge < -0.3 is 4.42 Å². The van der Waals surface area contributed by atoms with Crippen LogP contribution in [-0.4, -0.2) is 4.98 Å². The number of fused-ring (bicyclic) bond motifs is 7. The SMILES string of the molecule is CC1(C)c2cc(-c3ccc(-c4cc(-c5ccccc5)nc(-c5ccccc5)c4)cc3)ccc2-c2ccc3oc4ccccc4c3c21. The molecule has 6 aromatic carbocycles. The summed E-state index contributed by atoms with van der Waals surface area (Å²) < 4.78 is 6.27. The quantitative estimate of drug-likeness (QED) is 0.204. The van der Waals surface area contributed by atoms with Crippen molar-refractivity contribution in [1.82, 2.24) is 4.98 Å². The molecule has 8 aromatic rings. The molecule has 46 heavy (non-hydrogen) atoms. The van der Waals surface area contributed by atoms with Gasteiger partial charge in [-0.3, -0.25) is 0 Å². The Morgan fingerprint density at radius 2 is 1.02 bits per heavy atom. The zero-order valence-electron chi connectivity index (χ0n) is 25.8. The van der Waals surface area contributed by atoms with Crippen LogP contribution in [0.25, 0.3) is 77.8 Å². The largest absolute Gasteiger partial charge is 0.456 e. The molecule has 0 bridgehead atoms. The van der Waals surface area contributed by atoms with Crippen LogP contribution >= 0.6 is 0 Å². The lowest BCUT2D eigenvalue weighted by molar-refractivity contribution is 0.657. The Kier molecular flexibility index (Phi) is 5.88. The molecule has 0 spiro atoms. The van der Waals surface area contributed by atoms with Gasteiger partial charge in [-0.2, -0.15) is 0 Å². The molecule has 1 aliphatic rings. The van der Waals surface area contributed by atoms with E-state index in [1.165, 1.54) is 49.7 Å². The molecule has 2 heterocycles. The molecule has 2 nitrogen and oxygen atoms in total. The number of hydrogen-bond acceptors (Lipinski definition) is 2. The molecule has 218 valence electrons. The van der Waals surface area contributed by atoms with Gasteiger partial charge in [0.15, 0.2) is 0 Å². The molecule has 0 atom stereocenters. The van der Waals surface area contributed by atoms with E-state index in [4.69, 9.17) is 9.40 Å². The minimum absolute atomic E-state index is 0.161. The van der Waals surface area contributed by atoms with Gasteiger partial charge in [-0.15, -0.1) is 0 Å². The van der Waals surface area contributed by atoms with Crippen LogP contribution in [0.4, 0.5) is 0 Å². The Balaban J connectivity index is 1.11. The maximum atomic E-state index is 6.27. The van der Waals surface area contributed by atoms with E-state index in [1.807, 2.05) is 18.2 Å². The molecule has 0 radical (unpaired) electrons. The summed E-state index contributed by atoms with van der Waals surface area (Å²) in [5.41, 5.74) is 16.0. The fraction of sp³-hybridized carbons (Fsp3) is 0.0682. The van der Waals surface area contributed by atoms with Crippen molar-refractivity contribution in [3.63, 3.8) is 0 Å². The molecular formula is C44H31NO. The van der Waals surface area contributed by atoms with Crippen LogP contribution in [0.2, 0.25) is 0 Å². The molecule has 0 saturated carbocycles. The molecule has 0 aliphatic heterocycles. The Labute approximate surface area is 268 Å². The summed E-state index contributed by atoms with van der Waals surface area (Å²) in [5.74, 6) is 0. The summed E-state index contributed by atoms with van der Waals surface area (Å²) in [4.78, 5) is 5.05. The monoisotopic (exact) mass is 589 g/mol. The standard InChI is InChI=1S/C44H31NO/c1-44(2)37-25-32(21-22-34(37)35-23-24-41-42(43(35)44)36-15-9-10-16-40(36)46-41)28-17-19-29(20-18-28)33-26-38(30-11-5-3-6-12-30)45-39(27-33)31-13-7-4-8-14-31/h3-27H,1-2H3. The zero-order chi connectivity index (χ0) is 30.8. The van der Waals surface area contributed by atoms with Crippen molar-refractivity contribution >= 4 is 21.9 Å². The molecule has 0 saturated heterocycles. The third kappa shape index (κ3) is 4.14. The number of pyridine rings is 1. The van der Waals surface area contributed by atoms with Crippen LogP contribution < -0.4 is 0 Å². The van der Waals surface area contributed by atoms with E-state index in [9.17, 15) is 0 Å². The van der Waals surface area contributed by atoms with Gasteiger partial charge in [0.1, 0.15) is 11.2 Å². The Bertz CT molecular complexity index is 2360. The minimum atomic E-state index is -0.161. The van der Waals surface area contributed by atoms with Crippen LogP contribution in [0.15, 0.2) is 156 Å². The first-order chi connectivity index (χ1) is 22.5. The molecule has 0 N–H and O–H groups in total. The van der Waals surface area contributed by atoms with E-state index in [0.717, 1.165) is 39.2 Å². The van der Waals surface area contributed by atoms with Gasteiger partial charge in [-0.05, 0) is 74.8 Å². The molecule has 0 unspecified atom stereocenters. The number of hydrogen-bond donors (Lipinski definition) is 0. The van der Waals surface area contributed by atoms with E-state index in [2.05, 4.69) is 147 Å².